The largest absolute Gasteiger partial charge is 0.350 e. The number of rotatable bonds is 7. The van der Waals surface area contributed by atoms with Crippen molar-refractivity contribution in [1.82, 2.24) is 14.9 Å². The van der Waals surface area contributed by atoms with Crippen LogP contribution in [-0.4, -0.2) is 16.1 Å². The van der Waals surface area contributed by atoms with Crippen LogP contribution in [0.15, 0.2) is 41.4 Å². The van der Waals surface area contributed by atoms with E-state index < -0.39 is 0 Å². The van der Waals surface area contributed by atoms with E-state index in [9.17, 15) is 0 Å². The molecule has 0 aliphatic carbocycles. The topological polar surface area (TPSA) is 29.9 Å². The molecule has 1 atom stereocenters. The number of nitrogens with one attached hydrogen (secondary N) is 1. The molecule has 0 saturated carbocycles. The second kappa shape index (κ2) is 7.76. The Balaban J connectivity index is 2.09. The maximum absolute atomic E-state index is 4.22. The standard InChI is InChI=1S/C17H24BrN3/c1-4-6-20-17(13(2)3)15-5-7-21(12-15)11-14-8-16(18)10-19-9-14/h5,7-10,12-13,17,20H,4,6,11H2,1-3H3. The molecule has 0 bridgehead atoms. The van der Waals surface area contributed by atoms with Crippen LogP contribution in [0.25, 0.3) is 0 Å². The molecule has 0 fully saturated rings. The van der Waals surface area contributed by atoms with Crippen molar-refractivity contribution in [2.45, 2.75) is 39.8 Å². The zero-order valence-electron chi connectivity index (χ0n) is 13.0. The number of hydrogen-bond donors (Lipinski definition) is 1. The van der Waals surface area contributed by atoms with E-state index >= 15 is 0 Å². The molecule has 114 valence electrons. The lowest BCUT2D eigenvalue weighted by Crippen LogP contribution is -2.26. The summed E-state index contributed by atoms with van der Waals surface area (Å²) in [6.07, 6.45) is 9.29. The summed E-state index contributed by atoms with van der Waals surface area (Å²) in [7, 11) is 0. The van der Waals surface area contributed by atoms with E-state index in [4.69, 9.17) is 0 Å². The summed E-state index contributed by atoms with van der Waals surface area (Å²) in [5.41, 5.74) is 2.57. The Labute approximate surface area is 135 Å². The smallest absolute Gasteiger partial charge is 0.0485 e. The highest BCUT2D eigenvalue weighted by atomic mass is 79.9. The van der Waals surface area contributed by atoms with Gasteiger partial charge >= 0.3 is 0 Å². The average molecular weight is 350 g/mol. The van der Waals surface area contributed by atoms with Crippen LogP contribution in [0.4, 0.5) is 0 Å². The van der Waals surface area contributed by atoms with Crippen LogP contribution in [0, 0.1) is 5.92 Å². The molecule has 0 spiro atoms. The summed E-state index contributed by atoms with van der Waals surface area (Å²) in [6, 6.07) is 4.76. The number of hydrogen-bond acceptors (Lipinski definition) is 2. The number of aromatic nitrogens is 2. The molecule has 1 unspecified atom stereocenters. The summed E-state index contributed by atoms with van der Waals surface area (Å²) in [4.78, 5) is 4.22. The second-order valence-electron chi connectivity index (χ2n) is 5.80. The monoisotopic (exact) mass is 349 g/mol. The molecule has 2 heterocycles. The molecule has 2 rings (SSSR count). The molecule has 4 heteroatoms. The highest BCUT2D eigenvalue weighted by molar-refractivity contribution is 9.10. The van der Waals surface area contributed by atoms with E-state index in [1.54, 1.807) is 0 Å². The second-order valence-corrected chi connectivity index (χ2v) is 6.72. The van der Waals surface area contributed by atoms with Gasteiger partial charge in [-0.3, -0.25) is 4.98 Å². The number of pyridine rings is 1. The molecule has 2 aromatic rings. The third-order valence-electron chi connectivity index (χ3n) is 3.54. The summed E-state index contributed by atoms with van der Waals surface area (Å²) < 4.78 is 3.25. The van der Waals surface area contributed by atoms with Gasteiger partial charge in [-0.25, -0.2) is 0 Å². The van der Waals surface area contributed by atoms with E-state index in [1.165, 1.54) is 11.1 Å². The fourth-order valence-electron chi connectivity index (χ4n) is 2.53. The molecule has 2 aromatic heterocycles. The van der Waals surface area contributed by atoms with E-state index in [2.05, 4.69) is 76.1 Å². The highest BCUT2D eigenvalue weighted by Gasteiger charge is 2.15. The van der Waals surface area contributed by atoms with Crippen LogP contribution >= 0.6 is 15.9 Å². The maximum Gasteiger partial charge on any atom is 0.0485 e. The zero-order chi connectivity index (χ0) is 15.2. The van der Waals surface area contributed by atoms with E-state index in [0.717, 1.165) is 24.0 Å². The Bertz CT molecular complexity index is 563. The predicted octanol–water partition coefficient (Wildman–Crippen LogP) is 4.39. The van der Waals surface area contributed by atoms with Crippen LogP contribution in [0.5, 0.6) is 0 Å². The van der Waals surface area contributed by atoms with Crippen molar-refractivity contribution in [3.05, 3.63) is 52.5 Å². The van der Waals surface area contributed by atoms with Crippen LogP contribution in [0.1, 0.15) is 44.4 Å². The van der Waals surface area contributed by atoms with Gasteiger partial charge in [-0.05, 0) is 58.1 Å². The van der Waals surface area contributed by atoms with Crippen molar-refractivity contribution < 1.29 is 0 Å². The summed E-state index contributed by atoms with van der Waals surface area (Å²) >= 11 is 3.47. The van der Waals surface area contributed by atoms with Gasteiger partial charge in [0.2, 0.25) is 0 Å². The van der Waals surface area contributed by atoms with Gasteiger partial charge in [0.25, 0.3) is 0 Å². The van der Waals surface area contributed by atoms with Crippen molar-refractivity contribution in [2.75, 3.05) is 6.54 Å². The van der Waals surface area contributed by atoms with Crippen molar-refractivity contribution in [3.63, 3.8) is 0 Å². The Morgan fingerprint density at radius 3 is 2.81 bits per heavy atom. The third kappa shape index (κ3) is 4.68. The van der Waals surface area contributed by atoms with Gasteiger partial charge in [0.05, 0.1) is 0 Å². The normalized spacial score (nSPS) is 12.8. The maximum atomic E-state index is 4.22. The average Bonchev–Trinajstić information content (AvgIpc) is 2.87. The van der Waals surface area contributed by atoms with Crippen molar-refractivity contribution in [2.24, 2.45) is 5.92 Å². The van der Waals surface area contributed by atoms with Gasteiger partial charge in [-0.15, -0.1) is 0 Å². The third-order valence-corrected chi connectivity index (χ3v) is 3.97. The van der Waals surface area contributed by atoms with Crippen LogP contribution in [0.3, 0.4) is 0 Å². The fourth-order valence-corrected chi connectivity index (χ4v) is 2.95. The fraction of sp³-hybridized carbons (Fsp3) is 0.471. The number of nitrogens with zero attached hydrogens (tertiary/aromatic N) is 2. The molecule has 0 radical (unpaired) electrons. The summed E-state index contributed by atoms with van der Waals surface area (Å²) in [6.45, 7) is 8.65. The minimum absolute atomic E-state index is 0.423. The van der Waals surface area contributed by atoms with Crippen molar-refractivity contribution in [1.29, 1.82) is 0 Å². The first-order chi connectivity index (χ1) is 10.1. The highest BCUT2D eigenvalue weighted by Crippen LogP contribution is 2.22. The molecule has 3 nitrogen and oxygen atoms in total. The molecule has 0 aromatic carbocycles. The van der Waals surface area contributed by atoms with E-state index in [0.29, 0.717) is 12.0 Å². The summed E-state index contributed by atoms with van der Waals surface area (Å²) in [5, 5.41) is 3.64. The molecule has 0 aliphatic heterocycles. The lowest BCUT2D eigenvalue weighted by molar-refractivity contribution is 0.412. The molecule has 0 amide bonds. The van der Waals surface area contributed by atoms with Gasteiger partial charge in [0, 0.05) is 41.8 Å². The molecular formula is C17H24BrN3. The summed E-state index contributed by atoms with van der Waals surface area (Å²) in [5.74, 6) is 0.583. The molecular weight excluding hydrogens is 326 g/mol. The van der Waals surface area contributed by atoms with Crippen molar-refractivity contribution >= 4 is 15.9 Å². The van der Waals surface area contributed by atoms with E-state index in [-0.39, 0.29) is 0 Å². The number of halogens is 1. The van der Waals surface area contributed by atoms with Crippen LogP contribution in [0.2, 0.25) is 0 Å². The predicted molar refractivity (Wildman–Crippen MR) is 91.3 cm³/mol. The zero-order valence-corrected chi connectivity index (χ0v) is 14.6. The molecule has 0 aliphatic rings. The minimum atomic E-state index is 0.423. The van der Waals surface area contributed by atoms with Gasteiger partial charge < -0.3 is 9.88 Å². The Morgan fingerprint density at radius 2 is 2.14 bits per heavy atom. The Hall–Kier alpha value is -1.13. The van der Waals surface area contributed by atoms with Crippen LogP contribution < -0.4 is 5.32 Å². The van der Waals surface area contributed by atoms with Crippen LogP contribution in [-0.2, 0) is 6.54 Å². The van der Waals surface area contributed by atoms with Gasteiger partial charge in [0.1, 0.15) is 0 Å². The first kappa shape index (κ1) is 16.2. The lowest BCUT2D eigenvalue weighted by Gasteiger charge is -2.21. The molecule has 0 saturated heterocycles. The SMILES string of the molecule is CCCNC(c1ccn(Cc2cncc(Br)c2)c1)C(C)C. The van der Waals surface area contributed by atoms with E-state index in [1.807, 2.05) is 12.4 Å². The van der Waals surface area contributed by atoms with Gasteiger partial charge in [-0.2, -0.15) is 0 Å². The van der Waals surface area contributed by atoms with Crippen molar-refractivity contribution in [3.8, 4) is 0 Å². The Morgan fingerprint density at radius 1 is 1.33 bits per heavy atom. The lowest BCUT2D eigenvalue weighted by atomic mass is 9.98. The first-order valence-corrected chi connectivity index (χ1v) is 8.38. The minimum Gasteiger partial charge on any atom is -0.350 e. The molecule has 1 N–H and O–H groups in total. The van der Waals surface area contributed by atoms with Gasteiger partial charge in [0.15, 0.2) is 0 Å². The van der Waals surface area contributed by atoms with Gasteiger partial charge in [-0.1, -0.05) is 20.8 Å². The molecule has 21 heavy (non-hydrogen) atoms. The quantitative estimate of drug-likeness (QED) is 0.803. The Kier molecular flexibility index (Phi) is 6.00. The first-order valence-electron chi connectivity index (χ1n) is 7.58.